The third-order valence-corrected chi connectivity index (χ3v) is 3.24. The minimum absolute atomic E-state index is 0.245. The summed E-state index contributed by atoms with van der Waals surface area (Å²) in [5, 5.41) is 0. The van der Waals surface area contributed by atoms with Gasteiger partial charge < -0.3 is 15.2 Å². The van der Waals surface area contributed by atoms with Crippen LogP contribution in [0.2, 0.25) is 0 Å². The topological polar surface area (TPSA) is 44.5 Å². The fraction of sp³-hybridized carbons (Fsp3) is 0.625. The van der Waals surface area contributed by atoms with Crippen molar-refractivity contribution in [1.82, 2.24) is 0 Å². The van der Waals surface area contributed by atoms with Gasteiger partial charge in [-0.1, -0.05) is 32.8 Å². The van der Waals surface area contributed by atoms with Crippen molar-refractivity contribution in [3.63, 3.8) is 0 Å². The van der Waals surface area contributed by atoms with Gasteiger partial charge in [0.1, 0.15) is 5.75 Å². The van der Waals surface area contributed by atoms with Crippen LogP contribution >= 0.6 is 0 Å². The number of anilines is 1. The van der Waals surface area contributed by atoms with Crippen LogP contribution in [0.4, 0.5) is 5.69 Å². The lowest BCUT2D eigenvalue weighted by Crippen LogP contribution is -2.05. The third kappa shape index (κ3) is 5.11. The van der Waals surface area contributed by atoms with E-state index >= 15 is 0 Å². The molecular weight excluding hydrogens is 238 g/mol. The molecule has 0 aliphatic rings. The molecule has 0 aromatic heterocycles. The molecule has 0 atom stereocenters. The summed E-state index contributed by atoms with van der Waals surface area (Å²) in [6.45, 7) is 4.64. The number of nitrogen functional groups attached to an aromatic ring is 1. The van der Waals surface area contributed by atoms with Crippen molar-refractivity contribution in [2.45, 2.75) is 52.4 Å². The van der Waals surface area contributed by atoms with E-state index in [1.807, 2.05) is 0 Å². The summed E-state index contributed by atoms with van der Waals surface area (Å²) in [6, 6.07) is 4.29. The van der Waals surface area contributed by atoms with E-state index in [4.69, 9.17) is 15.2 Å². The second kappa shape index (κ2) is 8.81. The standard InChI is InChI=1S/C16H27NO2/c1-4-6-8-13-10-14(9-7-5-2)16(17)15(11-13)19-12-18-3/h10-11H,4-9,12,17H2,1-3H3. The first-order valence-electron chi connectivity index (χ1n) is 7.25. The monoisotopic (exact) mass is 265 g/mol. The highest BCUT2D eigenvalue weighted by Crippen LogP contribution is 2.29. The normalized spacial score (nSPS) is 10.7. The first-order chi connectivity index (χ1) is 9.22. The van der Waals surface area contributed by atoms with E-state index in [1.54, 1.807) is 7.11 Å². The molecule has 1 aromatic carbocycles. The Hall–Kier alpha value is -1.22. The minimum Gasteiger partial charge on any atom is -0.465 e. The third-order valence-electron chi connectivity index (χ3n) is 3.24. The predicted molar refractivity (Wildman–Crippen MR) is 80.6 cm³/mol. The van der Waals surface area contributed by atoms with E-state index in [0.29, 0.717) is 0 Å². The van der Waals surface area contributed by atoms with Crippen LogP contribution < -0.4 is 10.5 Å². The van der Waals surface area contributed by atoms with E-state index in [2.05, 4.69) is 26.0 Å². The van der Waals surface area contributed by atoms with Crippen LogP contribution in [0.1, 0.15) is 50.7 Å². The number of hydrogen-bond donors (Lipinski definition) is 1. The zero-order chi connectivity index (χ0) is 14.1. The molecule has 0 unspecified atom stereocenters. The summed E-state index contributed by atoms with van der Waals surface area (Å²) >= 11 is 0. The van der Waals surface area contributed by atoms with Crippen LogP contribution in [0.3, 0.4) is 0 Å². The van der Waals surface area contributed by atoms with Crippen molar-refractivity contribution in [1.29, 1.82) is 0 Å². The van der Waals surface area contributed by atoms with Crippen molar-refractivity contribution in [3.05, 3.63) is 23.3 Å². The highest BCUT2D eigenvalue weighted by molar-refractivity contribution is 5.60. The Morgan fingerprint density at radius 3 is 2.37 bits per heavy atom. The molecule has 0 heterocycles. The predicted octanol–water partition coefficient (Wildman–Crippen LogP) is 3.94. The molecule has 19 heavy (non-hydrogen) atoms. The number of aryl methyl sites for hydroxylation is 2. The largest absolute Gasteiger partial charge is 0.465 e. The van der Waals surface area contributed by atoms with Crippen molar-refractivity contribution in [2.75, 3.05) is 19.6 Å². The summed E-state index contributed by atoms with van der Waals surface area (Å²) in [5.41, 5.74) is 9.47. The van der Waals surface area contributed by atoms with Gasteiger partial charge >= 0.3 is 0 Å². The van der Waals surface area contributed by atoms with Gasteiger partial charge in [0.25, 0.3) is 0 Å². The lowest BCUT2D eigenvalue weighted by atomic mass is 9.99. The molecule has 0 saturated carbocycles. The van der Waals surface area contributed by atoms with E-state index < -0.39 is 0 Å². The van der Waals surface area contributed by atoms with Crippen LogP contribution in [0.5, 0.6) is 5.75 Å². The fourth-order valence-corrected chi connectivity index (χ4v) is 2.09. The van der Waals surface area contributed by atoms with Gasteiger partial charge in [-0.3, -0.25) is 0 Å². The maximum absolute atomic E-state index is 6.18. The van der Waals surface area contributed by atoms with E-state index in [9.17, 15) is 0 Å². The zero-order valence-corrected chi connectivity index (χ0v) is 12.5. The fourth-order valence-electron chi connectivity index (χ4n) is 2.09. The molecule has 3 heteroatoms. The van der Waals surface area contributed by atoms with Crippen molar-refractivity contribution in [3.8, 4) is 5.75 Å². The Labute approximate surface area is 117 Å². The molecule has 0 bridgehead atoms. The van der Waals surface area contributed by atoms with Gasteiger partial charge in [-0.05, 0) is 42.9 Å². The van der Waals surface area contributed by atoms with Gasteiger partial charge in [-0.25, -0.2) is 0 Å². The van der Waals surface area contributed by atoms with Crippen molar-refractivity contribution >= 4 is 5.69 Å². The second-order valence-corrected chi connectivity index (χ2v) is 4.92. The maximum atomic E-state index is 6.18. The summed E-state index contributed by atoms with van der Waals surface area (Å²) in [5.74, 6) is 0.765. The summed E-state index contributed by atoms with van der Waals surface area (Å²) in [4.78, 5) is 0. The molecule has 0 saturated heterocycles. The van der Waals surface area contributed by atoms with Crippen LogP contribution in [0.15, 0.2) is 12.1 Å². The molecule has 0 fully saturated rings. The number of unbranched alkanes of at least 4 members (excludes halogenated alkanes) is 2. The smallest absolute Gasteiger partial charge is 0.188 e. The molecule has 108 valence electrons. The Morgan fingerprint density at radius 1 is 1.05 bits per heavy atom. The van der Waals surface area contributed by atoms with Crippen LogP contribution in [-0.4, -0.2) is 13.9 Å². The van der Waals surface area contributed by atoms with E-state index in [1.165, 1.54) is 30.4 Å². The lowest BCUT2D eigenvalue weighted by molar-refractivity contribution is 0.0516. The average Bonchev–Trinajstić information content (AvgIpc) is 2.43. The summed E-state index contributed by atoms with van der Waals surface area (Å²) in [7, 11) is 1.62. The first kappa shape index (κ1) is 15.8. The molecule has 0 aliphatic heterocycles. The van der Waals surface area contributed by atoms with Crippen molar-refractivity contribution in [2.24, 2.45) is 0 Å². The minimum atomic E-state index is 0.245. The van der Waals surface area contributed by atoms with E-state index in [-0.39, 0.29) is 6.79 Å². The van der Waals surface area contributed by atoms with Crippen LogP contribution in [0.25, 0.3) is 0 Å². The van der Waals surface area contributed by atoms with Crippen molar-refractivity contribution < 1.29 is 9.47 Å². The van der Waals surface area contributed by atoms with Gasteiger partial charge in [0.05, 0.1) is 5.69 Å². The Balaban J connectivity index is 2.92. The van der Waals surface area contributed by atoms with Gasteiger partial charge in [-0.15, -0.1) is 0 Å². The Kier molecular flexibility index (Phi) is 7.34. The number of nitrogens with two attached hydrogens (primary N) is 1. The van der Waals surface area contributed by atoms with Gasteiger partial charge in [0.15, 0.2) is 6.79 Å². The molecule has 0 radical (unpaired) electrons. The summed E-state index contributed by atoms with van der Waals surface area (Å²) in [6.07, 6.45) is 6.83. The summed E-state index contributed by atoms with van der Waals surface area (Å²) < 4.78 is 10.5. The van der Waals surface area contributed by atoms with Gasteiger partial charge in [0, 0.05) is 7.11 Å². The zero-order valence-electron chi connectivity index (χ0n) is 12.5. The molecular formula is C16H27NO2. The van der Waals surface area contributed by atoms with E-state index in [0.717, 1.165) is 30.7 Å². The molecule has 0 amide bonds. The molecule has 2 N–H and O–H groups in total. The molecule has 0 spiro atoms. The SMILES string of the molecule is CCCCc1cc(CCCC)c(N)c(OCOC)c1. The highest BCUT2D eigenvalue weighted by Gasteiger charge is 2.09. The van der Waals surface area contributed by atoms with Gasteiger partial charge in [-0.2, -0.15) is 0 Å². The second-order valence-electron chi connectivity index (χ2n) is 4.92. The first-order valence-corrected chi connectivity index (χ1v) is 7.25. The molecule has 3 nitrogen and oxygen atoms in total. The molecule has 1 rings (SSSR count). The Morgan fingerprint density at radius 2 is 1.74 bits per heavy atom. The maximum Gasteiger partial charge on any atom is 0.188 e. The van der Waals surface area contributed by atoms with Gasteiger partial charge in [0.2, 0.25) is 0 Å². The molecule has 0 aliphatic carbocycles. The molecule has 1 aromatic rings. The number of hydrogen-bond acceptors (Lipinski definition) is 3. The lowest BCUT2D eigenvalue weighted by Gasteiger charge is -2.14. The quantitative estimate of drug-likeness (QED) is 0.543. The van der Waals surface area contributed by atoms with Crippen LogP contribution in [-0.2, 0) is 17.6 Å². The number of methoxy groups -OCH3 is 1. The number of benzene rings is 1. The highest BCUT2D eigenvalue weighted by atomic mass is 16.7. The number of rotatable bonds is 9. The van der Waals surface area contributed by atoms with Crippen LogP contribution in [0, 0.1) is 0 Å². The number of ether oxygens (including phenoxy) is 2. The Bertz CT molecular complexity index is 348. The average molecular weight is 265 g/mol.